The van der Waals surface area contributed by atoms with Gasteiger partial charge in [0.15, 0.2) is 0 Å². The van der Waals surface area contributed by atoms with Gasteiger partial charge < -0.3 is 9.88 Å². The molecule has 0 bridgehead atoms. The summed E-state index contributed by atoms with van der Waals surface area (Å²) in [6, 6.07) is 34.8. The average molecular weight is 498 g/mol. The molecule has 2 heterocycles. The van der Waals surface area contributed by atoms with E-state index in [0.717, 1.165) is 28.7 Å². The maximum absolute atomic E-state index is 14.5. The molecule has 1 aliphatic carbocycles. The molecule has 0 fully saturated rings. The summed E-state index contributed by atoms with van der Waals surface area (Å²) in [5.74, 6) is 0.794. The van der Waals surface area contributed by atoms with E-state index in [4.69, 9.17) is 4.99 Å². The fraction of sp³-hybridized carbons (Fsp3) is 0.147. The van der Waals surface area contributed by atoms with Crippen LogP contribution in [0.1, 0.15) is 40.8 Å². The molecule has 0 saturated carbocycles. The highest BCUT2D eigenvalue weighted by Crippen LogP contribution is 2.49. The number of aliphatic imine (C=N–C) groups is 1. The molecule has 0 unspecified atom stereocenters. The molecule has 5 aromatic rings. The van der Waals surface area contributed by atoms with E-state index in [-0.39, 0.29) is 11.9 Å². The number of benzene rings is 4. The zero-order valence-electron chi connectivity index (χ0n) is 21.0. The summed E-state index contributed by atoms with van der Waals surface area (Å²) < 4.78 is 16.6. The van der Waals surface area contributed by atoms with Crippen LogP contribution in [0.4, 0.5) is 15.8 Å². The van der Waals surface area contributed by atoms with Crippen LogP contribution in [0.5, 0.6) is 0 Å². The Morgan fingerprint density at radius 2 is 1.68 bits per heavy atom. The lowest BCUT2D eigenvalue weighted by Gasteiger charge is -2.37. The molecular weight excluding hydrogens is 469 g/mol. The molecule has 3 atom stereocenters. The van der Waals surface area contributed by atoms with Gasteiger partial charge in [-0.15, -0.1) is 0 Å². The fourth-order valence-corrected chi connectivity index (χ4v) is 6.09. The van der Waals surface area contributed by atoms with Gasteiger partial charge in [-0.25, -0.2) is 4.39 Å². The van der Waals surface area contributed by atoms with E-state index in [1.807, 2.05) is 30.5 Å². The number of nitrogens with zero attached hydrogens (tertiary/aromatic N) is 2. The Balaban J connectivity index is 1.17. The molecular formula is C34H28FN3. The number of hydrogen-bond donors (Lipinski definition) is 1. The molecule has 4 aromatic carbocycles. The SMILES string of the molecule is Fc1ccccc1Cn1c(C=Nc2ccc([C@@H]3Nc4ccccc4[C@@H]4C=CC[C@H]43)cc2)cc2ccccc21. The van der Waals surface area contributed by atoms with E-state index in [2.05, 4.69) is 88.8 Å². The first kappa shape index (κ1) is 22.7. The van der Waals surface area contributed by atoms with Gasteiger partial charge in [-0.2, -0.15) is 0 Å². The Hall–Kier alpha value is -4.44. The molecule has 2 aliphatic rings. The summed E-state index contributed by atoms with van der Waals surface area (Å²) in [7, 11) is 0. The first-order valence-corrected chi connectivity index (χ1v) is 13.2. The molecule has 0 spiro atoms. The van der Waals surface area contributed by atoms with Crippen molar-refractivity contribution in [3.63, 3.8) is 0 Å². The van der Waals surface area contributed by atoms with Gasteiger partial charge in [-0.05, 0) is 59.9 Å². The first-order valence-electron chi connectivity index (χ1n) is 13.2. The van der Waals surface area contributed by atoms with E-state index in [1.54, 1.807) is 6.07 Å². The van der Waals surface area contributed by atoms with E-state index in [0.29, 0.717) is 23.9 Å². The molecule has 4 heteroatoms. The van der Waals surface area contributed by atoms with Gasteiger partial charge in [0.2, 0.25) is 0 Å². The summed E-state index contributed by atoms with van der Waals surface area (Å²) in [6.07, 6.45) is 7.67. The highest BCUT2D eigenvalue weighted by Gasteiger charge is 2.37. The number of aromatic nitrogens is 1. The zero-order valence-corrected chi connectivity index (χ0v) is 21.0. The highest BCUT2D eigenvalue weighted by molar-refractivity contribution is 5.91. The normalized spacial score (nSPS) is 20.0. The predicted octanol–water partition coefficient (Wildman–Crippen LogP) is 8.41. The molecule has 38 heavy (non-hydrogen) atoms. The Kier molecular flexibility index (Phi) is 5.66. The average Bonchev–Trinajstić information content (AvgIpc) is 3.59. The summed E-state index contributed by atoms with van der Waals surface area (Å²) >= 11 is 0. The van der Waals surface area contributed by atoms with E-state index in [1.165, 1.54) is 22.9 Å². The number of allylic oxidation sites excluding steroid dienone is 2. The molecule has 0 radical (unpaired) electrons. The Labute approximate surface area is 222 Å². The predicted molar refractivity (Wildman–Crippen MR) is 154 cm³/mol. The molecule has 7 rings (SSSR count). The minimum absolute atomic E-state index is 0.192. The van der Waals surface area contributed by atoms with Gasteiger partial charge in [0, 0.05) is 28.1 Å². The van der Waals surface area contributed by atoms with Crippen molar-refractivity contribution in [1.29, 1.82) is 0 Å². The quantitative estimate of drug-likeness (QED) is 0.192. The Morgan fingerprint density at radius 1 is 0.895 bits per heavy atom. The molecule has 0 amide bonds. The highest BCUT2D eigenvalue weighted by atomic mass is 19.1. The van der Waals surface area contributed by atoms with Gasteiger partial charge in [-0.3, -0.25) is 4.99 Å². The number of fused-ring (bicyclic) bond motifs is 4. The van der Waals surface area contributed by atoms with Gasteiger partial charge in [0.1, 0.15) is 5.82 Å². The van der Waals surface area contributed by atoms with Crippen molar-refractivity contribution in [3.05, 3.63) is 143 Å². The topological polar surface area (TPSA) is 29.3 Å². The molecule has 1 N–H and O–H groups in total. The van der Waals surface area contributed by atoms with Crippen molar-refractivity contribution < 1.29 is 4.39 Å². The number of rotatable bonds is 5. The van der Waals surface area contributed by atoms with Crippen LogP contribution in [-0.4, -0.2) is 10.8 Å². The Bertz CT molecular complexity index is 1680. The Morgan fingerprint density at radius 3 is 2.58 bits per heavy atom. The van der Waals surface area contributed by atoms with Crippen LogP contribution in [0.15, 0.2) is 120 Å². The third kappa shape index (κ3) is 4.03. The number of para-hydroxylation sites is 2. The van der Waals surface area contributed by atoms with E-state index < -0.39 is 0 Å². The first-order chi connectivity index (χ1) is 18.7. The van der Waals surface area contributed by atoms with E-state index in [9.17, 15) is 4.39 Å². The van der Waals surface area contributed by atoms with Gasteiger partial charge in [0.25, 0.3) is 0 Å². The van der Waals surface area contributed by atoms with Crippen LogP contribution >= 0.6 is 0 Å². The minimum atomic E-state index is -0.192. The van der Waals surface area contributed by atoms with Gasteiger partial charge >= 0.3 is 0 Å². The van der Waals surface area contributed by atoms with E-state index >= 15 is 0 Å². The number of anilines is 1. The zero-order chi connectivity index (χ0) is 25.5. The minimum Gasteiger partial charge on any atom is -0.378 e. The lowest BCUT2D eigenvalue weighted by atomic mass is 9.77. The van der Waals surface area contributed by atoms with Crippen LogP contribution in [0.25, 0.3) is 10.9 Å². The largest absolute Gasteiger partial charge is 0.378 e. The van der Waals surface area contributed by atoms with Crippen molar-refractivity contribution >= 4 is 28.5 Å². The standard InChI is InChI=1S/C34H28FN3/c35-31-13-4-1-9-25(31)22-38-27(20-24-8-2-6-15-33(24)38)21-36-26-18-16-23(17-19-26)34-30-12-7-11-28(30)29-10-3-5-14-32(29)37-34/h1-11,13-21,28,30,34,37H,12,22H2/t28-,30+,34-/m0/s1. The van der Waals surface area contributed by atoms with Gasteiger partial charge in [0.05, 0.1) is 30.2 Å². The monoisotopic (exact) mass is 497 g/mol. The summed E-state index contributed by atoms with van der Waals surface area (Å²) in [4.78, 5) is 4.81. The van der Waals surface area contributed by atoms with Crippen molar-refractivity contribution in [2.45, 2.75) is 24.9 Å². The van der Waals surface area contributed by atoms with Crippen molar-refractivity contribution in [1.82, 2.24) is 4.57 Å². The lowest BCUT2D eigenvalue weighted by Crippen LogP contribution is -2.28. The smallest absolute Gasteiger partial charge is 0.128 e. The number of halogens is 1. The third-order valence-electron chi connectivity index (χ3n) is 8.00. The fourth-order valence-electron chi connectivity index (χ4n) is 6.09. The number of hydrogen-bond acceptors (Lipinski definition) is 2. The number of nitrogens with one attached hydrogen (secondary N) is 1. The van der Waals surface area contributed by atoms with Crippen molar-refractivity contribution in [3.8, 4) is 0 Å². The maximum atomic E-state index is 14.5. The second kappa shape index (κ2) is 9.46. The molecule has 1 aromatic heterocycles. The molecule has 0 saturated heterocycles. The van der Waals surface area contributed by atoms with Crippen LogP contribution in [0.3, 0.4) is 0 Å². The maximum Gasteiger partial charge on any atom is 0.128 e. The molecule has 1 aliphatic heterocycles. The van der Waals surface area contributed by atoms with Crippen LogP contribution in [0.2, 0.25) is 0 Å². The second-order valence-corrected chi connectivity index (χ2v) is 10.2. The summed E-state index contributed by atoms with van der Waals surface area (Å²) in [5.41, 5.74) is 7.48. The summed E-state index contributed by atoms with van der Waals surface area (Å²) in [5, 5.41) is 4.91. The lowest BCUT2D eigenvalue weighted by molar-refractivity contribution is 0.425. The van der Waals surface area contributed by atoms with Gasteiger partial charge in [-0.1, -0.05) is 78.9 Å². The molecule has 3 nitrogen and oxygen atoms in total. The van der Waals surface area contributed by atoms with Crippen LogP contribution in [-0.2, 0) is 6.54 Å². The second-order valence-electron chi connectivity index (χ2n) is 10.2. The van der Waals surface area contributed by atoms with Crippen molar-refractivity contribution in [2.75, 3.05) is 5.32 Å². The summed E-state index contributed by atoms with van der Waals surface area (Å²) in [6.45, 7) is 0.450. The molecule has 186 valence electrons. The van der Waals surface area contributed by atoms with Crippen molar-refractivity contribution in [2.24, 2.45) is 10.9 Å². The van der Waals surface area contributed by atoms with Crippen LogP contribution < -0.4 is 5.32 Å². The third-order valence-corrected chi connectivity index (χ3v) is 8.00. The van der Waals surface area contributed by atoms with Crippen LogP contribution in [0, 0.1) is 11.7 Å².